The standard InChI is InChI=1S/C15H32N2O2/c1-12(2)11-19-10-6-9-17-15(18)13(3)7-5-8-14(4)16/h12-14H,5-11,16H2,1-4H3,(H,17,18). The Morgan fingerprint density at radius 2 is 1.84 bits per heavy atom. The predicted molar refractivity (Wildman–Crippen MR) is 79.9 cm³/mol. The van der Waals surface area contributed by atoms with Gasteiger partial charge in [-0.15, -0.1) is 0 Å². The zero-order valence-electron chi connectivity index (χ0n) is 13.1. The third-order valence-corrected chi connectivity index (χ3v) is 2.96. The van der Waals surface area contributed by atoms with Gasteiger partial charge in [-0.3, -0.25) is 4.79 Å². The van der Waals surface area contributed by atoms with Crippen molar-refractivity contribution >= 4 is 5.91 Å². The molecule has 3 N–H and O–H groups in total. The van der Waals surface area contributed by atoms with Gasteiger partial charge in [-0.2, -0.15) is 0 Å². The fourth-order valence-corrected chi connectivity index (χ4v) is 1.76. The monoisotopic (exact) mass is 272 g/mol. The number of amides is 1. The molecule has 0 heterocycles. The van der Waals surface area contributed by atoms with Gasteiger partial charge in [-0.05, 0) is 32.1 Å². The van der Waals surface area contributed by atoms with Crippen LogP contribution in [-0.4, -0.2) is 31.7 Å². The molecule has 4 nitrogen and oxygen atoms in total. The van der Waals surface area contributed by atoms with Crippen LogP contribution < -0.4 is 11.1 Å². The lowest BCUT2D eigenvalue weighted by atomic mass is 10.0. The summed E-state index contributed by atoms with van der Waals surface area (Å²) >= 11 is 0. The summed E-state index contributed by atoms with van der Waals surface area (Å²) in [4.78, 5) is 11.8. The quantitative estimate of drug-likeness (QED) is 0.567. The first-order valence-corrected chi connectivity index (χ1v) is 7.54. The van der Waals surface area contributed by atoms with E-state index >= 15 is 0 Å². The van der Waals surface area contributed by atoms with Gasteiger partial charge in [0.25, 0.3) is 0 Å². The van der Waals surface area contributed by atoms with Gasteiger partial charge in [-0.1, -0.05) is 27.2 Å². The highest BCUT2D eigenvalue weighted by atomic mass is 16.5. The Kier molecular flexibility index (Phi) is 10.9. The van der Waals surface area contributed by atoms with Crippen LogP contribution in [0.15, 0.2) is 0 Å². The zero-order chi connectivity index (χ0) is 14.7. The number of hydrogen-bond donors (Lipinski definition) is 2. The first-order valence-electron chi connectivity index (χ1n) is 7.54. The second-order valence-corrected chi connectivity index (χ2v) is 5.92. The molecular formula is C15H32N2O2. The summed E-state index contributed by atoms with van der Waals surface area (Å²) in [6, 6.07) is 0.230. The van der Waals surface area contributed by atoms with Crippen LogP contribution in [0.3, 0.4) is 0 Å². The topological polar surface area (TPSA) is 64.3 Å². The fourth-order valence-electron chi connectivity index (χ4n) is 1.76. The Morgan fingerprint density at radius 3 is 2.42 bits per heavy atom. The molecule has 0 aromatic rings. The lowest BCUT2D eigenvalue weighted by Gasteiger charge is -2.13. The number of carbonyl (C=O) groups excluding carboxylic acids is 1. The number of nitrogens with two attached hydrogens (primary N) is 1. The van der Waals surface area contributed by atoms with E-state index in [1.807, 2.05) is 13.8 Å². The highest BCUT2D eigenvalue weighted by Gasteiger charge is 2.11. The molecule has 0 saturated heterocycles. The minimum absolute atomic E-state index is 0.0790. The molecule has 0 bridgehead atoms. The third-order valence-electron chi connectivity index (χ3n) is 2.96. The molecule has 4 heteroatoms. The summed E-state index contributed by atoms with van der Waals surface area (Å²) in [5.41, 5.74) is 5.69. The van der Waals surface area contributed by atoms with Crippen molar-refractivity contribution < 1.29 is 9.53 Å². The summed E-state index contributed by atoms with van der Waals surface area (Å²) in [6.07, 6.45) is 3.80. The molecule has 1 amide bonds. The molecule has 114 valence electrons. The van der Waals surface area contributed by atoms with Crippen molar-refractivity contribution in [2.24, 2.45) is 17.6 Å². The molecule has 0 saturated carbocycles. The smallest absolute Gasteiger partial charge is 0.222 e. The van der Waals surface area contributed by atoms with Crippen LogP contribution in [-0.2, 0) is 9.53 Å². The van der Waals surface area contributed by atoms with E-state index in [1.165, 1.54) is 0 Å². The normalized spacial score (nSPS) is 14.4. The largest absolute Gasteiger partial charge is 0.381 e. The maximum absolute atomic E-state index is 11.8. The highest BCUT2D eigenvalue weighted by molar-refractivity contribution is 5.78. The number of nitrogens with one attached hydrogen (secondary N) is 1. The first-order chi connectivity index (χ1) is 8.93. The summed E-state index contributed by atoms with van der Waals surface area (Å²) < 4.78 is 5.46. The summed E-state index contributed by atoms with van der Waals surface area (Å²) in [5.74, 6) is 0.795. The van der Waals surface area contributed by atoms with Gasteiger partial charge in [-0.25, -0.2) is 0 Å². The molecule has 0 radical (unpaired) electrons. The van der Waals surface area contributed by atoms with E-state index in [4.69, 9.17) is 10.5 Å². The van der Waals surface area contributed by atoms with E-state index in [0.29, 0.717) is 12.5 Å². The van der Waals surface area contributed by atoms with Gasteiger partial charge in [0.2, 0.25) is 5.91 Å². The number of carbonyl (C=O) groups is 1. The van der Waals surface area contributed by atoms with E-state index in [1.54, 1.807) is 0 Å². The molecule has 0 aliphatic rings. The summed E-state index contributed by atoms with van der Waals surface area (Å²) in [6.45, 7) is 10.5. The average Bonchev–Trinajstić information content (AvgIpc) is 2.32. The van der Waals surface area contributed by atoms with Crippen molar-refractivity contribution in [1.82, 2.24) is 5.32 Å². The average molecular weight is 272 g/mol. The van der Waals surface area contributed by atoms with Gasteiger partial charge < -0.3 is 15.8 Å². The maximum atomic E-state index is 11.8. The Bertz CT molecular complexity index is 230. The van der Waals surface area contributed by atoms with Crippen molar-refractivity contribution in [2.45, 2.75) is 59.4 Å². The van der Waals surface area contributed by atoms with Gasteiger partial charge in [0, 0.05) is 31.7 Å². The first kappa shape index (κ1) is 18.4. The van der Waals surface area contributed by atoms with Crippen LogP contribution in [0.5, 0.6) is 0 Å². The Morgan fingerprint density at radius 1 is 1.16 bits per heavy atom. The molecule has 0 spiro atoms. The molecule has 19 heavy (non-hydrogen) atoms. The van der Waals surface area contributed by atoms with E-state index in [-0.39, 0.29) is 17.9 Å². The number of rotatable bonds is 11. The minimum Gasteiger partial charge on any atom is -0.381 e. The van der Waals surface area contributed by atoms with Crippen LogP contribution >= 0.6 is 0 Å². The predicted octanol–water partition coefficient (Wildman–Crippen LogP) is 2.32. The second kappa shape index (κ2) is 11.2. The van der Waals surface area contributed by atoms with Crippen molar-refractivity contribution in [1.29, 1.82) is 0 Å². The van der Waals surface area contributed by atoms with Crippen LogP contribution in [0.1, 0.15) is 53.4 Å². The van der Waals surface area contributed by atoms with Crippen molar-refractivity contribution in [2.75, 3.05) is 19.8 Å². The third kappa shape index (κ3) is 12.2. The van der Waals surface area contributed by atoms with E-state index in [0.717, 1.165) is 38.9 Å². The molecule has 0 aromatic heterocycles. The summed E-state index contributed by atoms with van der Waals surface area (Å²) in [7, 11) is 0. The number of hydrogen-bond acceptors (Lipinski definition) is 3. The zero-order valence-corrected chi connectivity index (χ0v) is 13.1. The van der Waals surface area contributed by atoms with Crippen molar-refractivity contribution in [3.63, 3.8) is 0 Å². The molecule has 0 rings (SSSR count). The Labute approximate surface area is 118 Å². The highest BCUT2D eigenvalue weighted by Crippen LogP contribution is 2.08. The maximum Gasteiger partial charge on any atom is 0.222 e. The van der Waals surface area contributed by atoms with Gasteiger partial charge in [0.05, 0.1) is 0 Å². The molecule has 0 fully saturated rings. The second-order valence-electron chi connectivity index (χ2n) is 5.92. The molecule has 2 atom stereocenters. The molecule has 0 aliphatic carbocycles. The Balaban J connectivity index is 3.46. The van der Waals surface area contributed by atoms with E-state index in [9.17, 15) is 4.79 Å². The van der Waals surface area contributed by atoms with Crippen LogP contribution in [0.2, 0.25) is 0 Å². The van der Waals surface area contributed by atoms with Crippen LogP contribution in [0.4, 0.5) is 0 Å². The Hall–Kier alpha value is -0.610. The molecule has 2 unspecified atom stereocenters. The van der Waals surface area contributed by atoms with Crippen molar-refractivity contribution in [3.05, 3.63) is 0 Å². The van der Waals surface area contributed by atoms with Gasteiger partial charge in [0.1, 0.15) is 0 Å². The van der Waals surface area contributed by atoms with E-state index < -0.39 is 0 Å². The molecular weight excluding hydrogens is 240 g/mol. The lowest BCUT2D eigenvalue weighted by Crippen LogP contribution is -2.30. The van der Waals surface area contributed by atoms with Gasteiger partial charge in [0.15, 0.2) is 0 Å². The van der Waals surface area contributed by atoms with Crippen LogP contribution in [0, 0.1) is 11.8 Å². The minimum atomic E-state index is 0.0790. The SMILES string of the molecule is CC(C)COCCCNC(=O)C(C)CCCC(C)N. The molecule has 0 aliphatic heterocycles. The fraction of sp³-hybridized carbons (Fsp3) is 0.933. The number of ether oxygens (including phenoxy) is 1. The van der Waals surface area contributed by atoms with Gasteiger partial charge >= 0.3 is 0 Å². The molecule has 0 aromatic carbocycles. The summed E-state index contributed by atoms with van der Waals surface area (Å²) in [5, 5.41) is 2.96. The lowest BCUT2D eigenvalue weighted by molar-refractivity contribution is -0.124. The van der Waals surface area contributed by atoms with E-state index in [2.05, 4.69) is 19.2 Å². The van der Waals surface area contributed by atoms with Crippen LogP contribution in [0.25, 0.3) is 0 Å². The van der Waals surface area contributed by atoms with Crippen molar-refractivity contribution in [3.8, 4) is 0 Å².